The first-order valence-corrected chi connectivity index (χ1v) is 3.84. The van der Waals surface area contributed by atoms with Crippen molar-refractivity contribution in [3.8, 4) is 0 Å². The number of aromatic amines is 1. The number of aliphatic hydroxyl groups excluding tert-OH is 1. The van der Waals surface area contributed by atoms with E-state index in [4.69, 9.17) is 10.8 Å². The van der Waals surface area contributed by atoms with Crippen molar-refractivity contribution in [2.24, 2.45) is 5.73 Å². The zero-order valence-electron chi connectivity index (χ0n) is 6.46. The fraction of sp³-hybridized carbons (Fsp3) is 0.500. The van der Waals surface area contributed by atoms with Gasteiger partial charge in [0.25, 0.3) is 0 Å². The van der Waals surface area contributed by atoms with Gasteiger partial charge in [0.05, 0.1) is 0 Å². The van der Waals surface area contributed by atoms with E-state index in [1.54, 1.807) is 0 Å². The van der Waals surface area contributed by atoms with Crippen LogP contribution in [0.15, 0.2) is 18.3 Å². The first-order valence-electron chi connectivity index (χ1n) is 3.84. The number of aromatic nitrogens is 1. The molecule has 0 radical (unpaired) electrons. The van der Waals surface area contributed by atoms with Crippen molar-refractivity contribution >= 4 is 0 Å². The molecule has 0 saturated heterocycles. The molecule has 4 N–H and O–H groups in total. The average Bonchev–Trinajstić information content (AvgIpc) is 2.52. The molecule has 0 aliphatic rings. The minimum atomic E-state index is 0.0390. The quantitative estimate of drug-likeness (QED) is 0.600. The van der Waals surface area contributed by atoms with Crippen LogP contribution in [0, 0.1) is 0 Å². The van der Waals surface area contributed by atoms with Crippen molar-refractivity contribution < 1.29 is 5.11 Å². The van der Waals surface area contributed by atoms with Crippen LogP contribution in [0.4, 0.5) is 0 Å². The Hall–Kier alpha value is -0.800. The predicted molar refractivity (Wildman–Crippen MR) is 44.0 cm³/mol. The van der Waals surface area contributed by atoms with E-state index < -0.39 is 0 Å². The summed E-state index contributed by atoms with van der Waals surface area (Å²) in [5, 5.41) is 8.55. The molecule has 0 aliphatic carbocycles. The van der Waals surface area contributed by atoms with Crippen LogP contribution in [-0.4, -0.2) is 16.7 Å². The molecule has 1 rings (SSSR count). The minimum absolute atomic E-state index is 0.0390. The number of nitrogens with one attached hydrogen (secondary N) is 1. The molecule has 3 nitrogen and oxygen atoms in total. The van der Waals surface area contributed by atoms with Crippen LogP contribution >= 0.6 is 0 Å². The van der Waals surface area contributed by atoms with Gasteiger partial charge in [-0.2, -0.15) is 0 Å². The van der Waals surface area contributed by atoms with E-state index in [0.29, 0.717) is 0 Å². The van der Waals surface area contributed by atoms with Crippen molar-refractivity contribution in [3.05, 3.63) is 24.0 Å². The number of nitrogens with two attached hydrogens (primary N) is 1. The van der Waals surface area contributed by atoms with E-state index in [2.05, 4.69) is 4.98 Å². The van der Waals surface area contributed by atoms with E-state index in [1.807, 2.05) is 18.3 Å². The second kappa shape index (κ2) is 4.16. The minimum Gasteiger partial charge on any atom is -0.396 e. The fourth-order valence-corrected chi connectivity index (χ4v) is 1.04. The normalized spacial score (nSPS) is 13.3. The Balaban J connectivity index is 2.36. The summed E-state index contributed by atoms with van der Waals surface area (Å²) in [6, 6.07) is 3.92. The molecule has 0 aliphatic heterocycles. The van der Waals surface area contributed by atoms with Gasteiger partial charge in [0.2, 0.25) is 0 Å². The van der Waals surface area contributed by atoms with Crippen molar-refractivity contribution in [2.45, 2.75) is 18.9 Å². The van der Waals surface area contributed by atoms with Crippen molar-refractivity contribution in [1.82, 2.24) is 4.98 Å². The Morgan fingerprint density at radius 2 is 2.45 bits per heavy atom. The number of H-pyrrole nitrogens is 1. The monoisotopic (exact) mass is 154 g/mol. The van der Waals surface area contributed by atoms with Crippen LogP contribution in [0.1, 0.15) is 24.6 Å². The van der Waals surface area contributed by atoms with Crippen molar-refractivity contribution in [1.29, 1.82) is 0 Å². The lowest BCUT2D eigenvalue weighted by atomic mass is 10.1. The molecule has 3 heteroatoms. The molecule has 0 saturated carbocycles. The number of hydrogen-bond donors (Lipinski definition) is 3. The smallest absolute Gasteiger partial charge is 0.0448 e. The third kappa shape index (κ3) is 2.37. The molecule has 62 valence electrons. The number of aliphatic hydroxyl groups is 1. The van der Waals surface area contributed by atoms with Gasteiger partial charge in [-0.05, 0) is 25.0 Å². The summed E-state index contributed by atoms with van der Waals surface area (Å²) < 4.78 is 0. The molecule has 0 amide bonds. The Bertz CT molecular complexity index is 184. The van der Waals surface area contributed by atoms with Gasteiger partial charge in [-0.1, -0.05) is 0 Å². The highest BCUT2D eigenvalue weighted by Gasteiger charge is 2.04. The lowest BCUT2D eigenvalue weighted by Gasteiger charge is -2.07. The lowest BCUT2D eigenvalue weighted by Crippen LogP contribution is -2.10. The standard InChI is InChI=1S/C8H14N2O/c9-7(3-2-6-11)8-4-1-5-10-8/h1,4-5,7,10-11H,2-3,6,9H2/t7-/m1/s1. The summed E-state index contributed by atoms with van der Waals surface area (Å²) >= 11 is 0. The Morgan fingerprint density at radius 1 is 1.64 bits per heavy atom. The highest BCUT2D eigenvalue weighted by molar-refractivity contribution is 5.07. The van der Waals surface area contributed by atoms with Crippen LogP contribution in [0.2, 0.25) is 0 Å². The molecule has 0 bridgehead atoms. The maximum atomic E-state index is 8.55. The Labute approximate surface area is 66.2 Å². The maximum Gasteiger partial charge on any atom is 0.0448 e. The molecule has 0 spiro atoms. The zero-order valence-corrected chi connectivity index (χ0v) is 6.46. The fourth-order valence-electron chi connectivity index (χ4n) is 1.04. The van der Waals surface area contributed by atoms with Crippen LogP contribution in [0.25, 0.3) is 0 Å². The predicted octanol–water partition coefficient (Wildman–Crippen LogP) is 0.787. The maximum absolute atomic E-state index is 8.55. The third-order valence-electron chi connectivity index (χ3n) is 1.69. The molecular formula is C8H14N2O. The molecule has 11 heavy (non-hydrogen) atoms. The van der Waals surface area contributed by atoms with Gasteiger partial charge < -0.3 is 15.8 Å². The molecule has 1 atom stereocenters. The first-order chi connectivity index (χ1) is 5.34. The van der Waals surface area contributed by atoms with E-state index in [-0.39, 0.29) is 12.6 Å². The summed E-state index contributed by atoms with van der Waals surface area (Å²) in [7, 11) is 0. The lowest BCUT2D eigenvalue weighted by molar-refractivity contribution is 0.279. The average molecular weight is 154 g/mol. The topological polar surface area (TPSA) is 62.0 Å². The van der Waals surface area contributed by atoms with Crippen LogP contribution < -0.4 is 5.73 Å². The molecule has 1 heterocycles. The number of hydrogen-bond acceptors (Lipinski definition) is 2. The Kier molecular flexibility index (Phi) is 3.14. The van der Waals surface area contributed by atoms with Crippen LogP contribution in [0.3, 0.4) is 0 Å². The zero-order chi connectivity index (χ0) is 8.10. The van der Waals surface area contributed by atoms with Gasteiger partial charge in [-0.15, -0.1) is 0 Å². The second-order valence-corrected chi connectivity index (χ2v) is 2.60. The van der Waals surface area contributed by atoms with Crippen LogP contribution in [-0.2, 0) is 0 Å². The summed E-state index contributed by atoms with van der Waals surface area (Å²) in [5.74, 6) is 0. The first kappa shape index (κ1) is 8.30. The highest BCUT2D eigenvalue weighted by atomic mass is 16.2. The molecular weight excluding hydrogens is 140 g/mol. The SMILES string of the molecule is N[C@H](CCCO)c1ccc[nH]1. The van der Waals surface area contributed by atoms with E-state index in [9.17, 15) is 0 Å². The van der Waals surface area contributed by atoms with Crippen molar-refractivity contribution in [2.75, 3.05) is 6.61 Å². The molecule has 1 aromatic heterocycles. The van der Waals surface area contributed by atoms with Gasteiger partial charge in [0.1, 0.15) is 0 Å². The van der Waals surface area contributed by atoms with Gasteiger partial charge in [-0.3, -0.25) is 0 Å². The summed E-state index contributed by atoms with van der Waals surface area (Å²) in [5.41, 5.74) is 6.82. The highest BCUT2D eigenvalue weighted by Crippen LogP contribution is 2.12. The van der Waals surface area contributed by atoms with Crippen molar-refractivity contribution in [3.63, 3.8) is 0 Å². The molecule has 0 fully saturated rings. The summed E-state index contributed by atoms with van der Waals surface area (Å²) in [6.07, 6.45) is 3.45. The summed E-state index contributed by atoms with van der Waals surface area (Å²) in [6.45, 7) is 0.217. The molecule has 1 aromatic rings. The Morgan fingerprint density at radius 3 is 3.00 bits per heavy atom. The van der Waals surface area contributed by atoms with Crippen LogP contribution in [0.5, 0.6) is 0 Å². The summed E-state index contributed by atoms with van der Waals surface area (Å²) in [4.78, 5) is 3.04. The van der Waals surface area contributed by atoms with Gasteiger partial charge in [0, 0.05) is 24.5 Å². The number of rotatable bonds is 4. The second-order valence-electron chi connectivity index (χ2n) is 2.60. The molecule has 0 aromatic carbocycles. The van der Waals surface area contributed by atoms with E-state index in [1.165, 1.54) is 0 Å². The van der Waals surface area contributed by atoms with E-state index in [0.717, 1.165) is 18.5 Å². The molecule has 0 unspecified atom stereocenters. The van der Waals surface area contributed by atoms with Gasteiger partial charge in [0.15, 0.2) is 0 Å². The van der Waals surface area contributed by atoms with E-state index >= 15 is 0 Å². The van der Waals surface area contributed by atoms with Gasteiger partial charge in [-0.25, -0.2) is 0 Å². The largest absolute Gasteiger partial charge is 0.396 e. The van der Waals surface area contributed by atoms with Gasteiger partial charge >= 0.3 is 0 Å². The third-order valence-corrected chi connectivity index (χ3v) is 1.69.